The van der Waals surface area contributed by atoms with E-state index in [1.807, 2.05) is 0 Å². The van der Waals surface area contributed by atoms with Gasteiger partial charge in [0.1, 0.15) is 0 Å². The Morgan fingerprint density at radius 2 is 1.62 bits per heavy atom. The Morgan fingerprint density at radius 3 is 2.08 bits per heavy atom. The third-order valence-corrected chi connectivity index (χ3v) is 4.26. The van der Waals surface area contributed by atoms with Crippen molar-refractivity contribution < 1.29 is 8.78 Å². The summed E-state index contributed by atoms with van der Waals surface area (Å²) in [5.41, 5.74) is 0.301. The molecule has 0 aliphatic heterocycles. The zero-order valence-electron chi connectivity index (χ0n) is 7.73. The van der Waals surface area contributed by atoms with Gasteiger partial charge in [0, 0.05) is 12.8 Å². The van der Waals surface area contributed by atoms with E-state index < -0.39 is 5.92 Å². The lowest BCUT2D eigenvalue weighted by Gasteiger charge is -2.51. The maximum absolute atomic E-state index is 12.9. The van der Waals surface area contributed by atoms with Crippen LogP contribution in [0.1, 0.15) is 38.5 Å². The predicted octanol–water partition coefficient (Wildman–Crippen LogP) is 3.52. The van der Waals surface area contributed by atoms with Crippen LogP contribution in [0, 0.1) is 11.3 Å². The summed E-state index contributed by atoms with van der Waals surface area (Å²) in [7, 11) is 0. The summed E-state index contributed by atoms with van der Waals surface area (Å²) in [4.78, 5) is 0. The van der Waals surface area contributed by atoms with Crippen LogP contribution < -0.4 is 0 Å². The van der Waals surface area contributed by atoms with Gasteiger partial charge in [0.2, 0.25) is 5.92 Å². The van der Waals surface area contributed by atoms with Gasteiger partial charge in [-0.3, -0.25) is 0 Å². The summed E-state index contributed by atoms with van der Waals surface area (Å²) in [6.45, 7) is 0. The lowest BCUT2D eigenvalue weighted by Crippen LogP contribution is -2.43. The maximum Gasteiger partial charge on any atom is 0.248 e. The Morgan fingerprint density at radius 1 is 1.08 bits per heavy atom. The molecule has 2 aliphatic carbocycles. The van der Waals surface area contributed by atoms with E-state index in [4.69, 9.17) is 0 Å². The Hall–Kier alpha value is 0.210. The van der Waals surface area contributed by atoms with Crippen molar-refractivity contribution in [1.29, 1.82) is 0 Å². The van der Waals surface area contributed by atoms with Gasteiger partial charge in [-0.1, -0.05) is 0 Å². The summed E-state index contributed by atoms with van der Waals surface area (Å²) in [6, 6.07) is 0. The Kier molecular flexibility index (Phi) is 2.33. The molecule has 0 heterocycles. The van der Waals surface area contributed by atoms with Crippen molar-refractivity contribution in [2.45, 2.75) is 44.4 Å². The first-order valence-electron chi connectivity index (χ1n) is 5.04. The largest absolute Gasteiger partial charge is 0.248 e. The molecular formula is C10H16F2S. The molecule has 0 atom stereocenters. The van der Waals surface area contributed by atoms with Crippen molar-refractivity contribution >= 4 is 12.6 Å². The first kappa shape index (κ1) is 9.75. The zero-order chi connectivity index (χ0) is 9.53. The van der Waals surface area contributed by atoms with Gasteiger partial charge < -0.3 is 0 Å². The van der Waals surface area contributed by atoms with Gasteiger partial charge in [-0.2, -0.15) is 12.6 Å². The molecule has 3 heteroatoms. The summed E-state index contributed by atoms with van der Waals surface area (Å²) < 4.78 is 25.7. The third-order valence-electron chi connectivity index (χ3n) is 3.74. The second-order valence-electron chi connectivity index (χ2n) is 4.81. The smallest absolute Gasteiger partial charge is 0.207 e. The van der Waals surface area contributed by atoms with Crippen molar-refractivity contribution in [3.63, 3.8) is 0 Å². The molecule has 76 valence electrons. The van der Waals surface area contributed by atoms with E-state index in [2.05, 4.69) is 12.6 Å². The molecular weight excluding hydrogens is 190 g/mol. The van der Waals surface area contributed by atoms with Crippen LogP contribution in [0.3, 0.4) is 0 Å². The molecule has 0 unspecified atom stereocenters. The average molecular weight is 206 g/mol. The van der Waals surface area contributed by atoms with Crippen LogP contribution in [0.25, 0.3) is 0 Å². The van der Waals surface area contributed by atoms with E-state index in [0.29, 0.717) is 11.3 Å². The standard InChI is InChI=1S/C10H16F2S/c11-10(12)3-1-9(2-4-10)5-8(6-9)7-13/h8,13H,1-7H2. The molecule has 13 heavy (non-hydrogen) atoms. The lowest BCUT2D eigenvalue weighted by atomic mass is 9.56. The number of hydrogen-bond acceptors (Lipinski definition) is 1. The van der Waals surface area contributed by atoms with Crippen LogP contribution in [0.15, 0.2) is 0 Å². The molecule has 2 rings (SSSR count). The number of alkyl halides is 2. The van der Waals surface area contributed by atoms with Gasteiger partial charge in [-0.15, -0.1) is 0 Å². The highest BCUT2D eigenvalue weighted by Gasteiger charge is 2.49. The number of thiol groups is 1. The van der Waals surface area contributed by atoms with E-state index in [-0.39, 0.29) is 12.8 Å². The highest BCUT2D eigenvalue weighted by Crippen LogP contribution is 2.57. The fraction of sp³-hybridized carbons (Fsp3) is 1.00. The number of hydrogen-bond donors (Lipinski definition) is 1. The number of rotatable bonds is 1. The normalized spacial score (nSPS) is 31.6. The fourth-order valence-corrected chi connectivity index (χ4v) is 3.11. The zero-order valence-corrected chi connectivity index (χ0v) is 8.62. The third kappa shape index (κ3) is 1.85. The van der Waals surface area contributed by atoms with Crippen molar-refractivity contribution in [2.75, 3.05) is 5.75 Å². The minimum absolute atomic E-state index is 0.117. The second-order valence-corrected chi connectivity index (χ2v) is 5.18. The predicted molar refractivity (Wildman–Crippen MR) is 52.4 cm³/mol. The molecule has 0 radical (unpaired) electrons. The maximum atomic E-state index is 12.9. The second kappa shape index (κ2) is 3.11. The molecule has 2 saturated carbocycles. The Bertz CT molecular complexity index is 185. The van der Waals surface area contributed by atoms with Crippen LogP contribution in [-0.4, -0.2) is 11.7 Å². The number of halogens is 2. The van der Waals surface area contributed by atoms with E-state index in [1.54, 1.807) is 0 Å². The van der Waals surface area contributed by atoms with Gasteiger partial charge >= 0.3 is 0 Å². The molecule has 0 bridgehead atoms. The first-order chi connectivity index (χ1) is 6.05. The lowest BCUT2D eigenvalue weighted by molar-refractivity contribution is -0.0982. The van der Waals surface area contributed by atoms with Crippen LogP contribution in [-0.2, 0) is 0 Å². The summed E-state index contributed by atoms with van der Waals surface area (Å²) in [5, 5.41) is 0. The molecule has 0 aromatic rings. The molecule has 2 aliphatic rings. The molecule has 1 spiro atoms. The highest BCUT2D eigenvalue weighted by atomic mass is 32.1. The molecule has 0 aromatic carbocycles. The topological polar surface area (TPSA) is 0 Å². The van der Waals surface area contributed by atoms with Gasteiger partial charge in [0.05, 0.1) is 0 Å². The molecule has 0 aromatic heterocycles. The minimum atomic E-state index is -2.36. The van der Waals surface area contributed by atoms with Gasteiger partial charge in [0.25, 0.3) is 0 Å². The van der Waals surface area contributed by atoms with Gasteiger partial charge in [-0.05, 0) is 42.8 Å². The summed E-state index contributed by atoms with van der Waals surface area (Å²) in [6.07, 6.45) is 4.01. The van der Waals surface area contributed by atoms with Crippen molar-refractivity contribution in [3.8, 4) is 0 Å². The molecule has 0 amide bonds. The van der Waals surface area contributed by atoms with Crippen LogP contribution in [0.4, 0.5) is 8.78 Å². The Labute approximate surface area is 83.5 Å². The monoisotopic (exact) mass is 206 g/mol. The Balaban J connectivity index is 1.86. The molecule has 0 N–H and O–H groups in total. The summed E-state index contributed by atoms with van der Waals surface area (Å²) >= 11 is 4.24. The average Bonchev–Trinajstić information content (AvgIpc) is 2.01. The SMILES string of the molecule is FC1(F)CCC2(CC1)CC(CS)C2. The van der Waals surface area contributed by atoms with E-state index in [1.165, 1.54) is 0 Å². The minimum Gasteiger partial charge on any atom is -0.207 e. The van der Waals surface area contributed by atoms with Crippen molar-refractivity contribution in [2.24, 2.45) is 11.3 Å². The van der Waals surface area contributed by atoms with E-state index in [0.717, 1.165) is 31.4 Å². The van der Waals surface area contributed by atoms with Gasteiger partial charge in [-0.25, -0.2) is 8.78 Å². The van der Waals surface area contributed by atoms with Crippen LogP contribution in [0.5, 0.6) is 0 Å². The van der Waals surface area contributed by atoms with Crippen molar-refractivity contribution in [3.05, 3.63) is 0 Å². The van der Waals surface area contributed by atoms with E-state index >= 15 is 0 Å². The first-order valence-corrected chi connectivity index (χ1v) is 5.67. The fourth-order valence-electron chi connectivity index (χ4n) is 2.85. The van der Waals surface area contributed by atoms with Crippen LogP contribution >= 0.6 is 12.6 Å². The molecule has 2 fully saturated rings. The van der Waals surface area contributed by atoms with Crippen molar-refractivity contribution in [1.82, 2.24) is 0 Å². The molecule has 0 nitrogen and oxygen atoms in total. The van der Waals surface area contributed by atoms with E-state index in [9.17, 15) is 8.78 Å². The quantitative estimate of drug-likeness (QED) is 0.623. The summed E-state index contributed by atoms with van der Waals surface area (Å²) in [5.74, 6) is -0.731. The van der Waals surface area contributed by atoms with Crippen LogP contribution in [0.2, 0.25) is 0 Å². The highest BCUT2D eigenvalue weighted by molar-refractivity contribution is 7.80. The van der Waals surface area contributed by atoms with Gasteiger partial charge in [0.15, 0.2) is 0 Å². The molecule has 0 saturated heterocycles.